The summed E-state index contributed by atoms with van der Waals surface area (Å²) in [5, 5.41) is 3.30. The van der Waals surface area contributed by atoms with Crippen LogP contribution in [0.3, 0.4) is 0 Å². The van der Waals surface area contributed by atoms with Gasteiger partial charge in [0.05, 0.1) is 19.2 Å². The minimum atomic E-state index is -0.451. The maximum absolute atomic E-state index is 13.0. The number of carbonyl (C=O) groups is 2. The molecule has 2 aromatic rings. The maximum atomic E-state index is 13.0. The van der Waals surface area contributed by atoms with Crippen LogP contribution in [0.25, 0.3) is 11.6 Å². The molecule has 0 unspecified atom stereocenters. The van der Waals surface area contributed by atoms with E-state index in [1.807, 2.05) is 12.1 Å². The molecule has 0 aromatic heterocycles. The number of benzene rings is 2. The van der Waals surface area contributed by atoms with Crippen molar-refractivity contribution in [2.24, 2.45) is 0 Å². The van der Waals surface area contributed by atoms with E-state index < -0.39 is 6.03 Å². The Morgan fingerprint density at radius 3 is 2.48 bits per heavy atom. The zero-order valence-electron chi connectivity index (χ0n) is 19.5. The van der Waals surface area contributed by atoms with Crippen molar-refractivity contribution in [2.75, 3.05) is 18.6 Å². The first kappa shape index (κ1) is 22.9. The zero-order chi connectivity index (χ0) is 23.9. The summed E-state index contributed by atoms with van der Waals surface area (Å²) in [6.45, 7) is 9.61. The molecule has 0 atom stereocenters. The van der Waals surface area contributed by atoms with Gasteiger partial charge in [-0.15, -0.1) is 0 Å². The molecule has 33 heavy (non-hydrogen) atoms. The Balaban J connectivity index is 1.69. The summed E-state index contributed by atoms with van der Waals surface area (Å²) in [6, 6.07) is 10.7. The molecule has 1 saturated heterocycles. The summed E-state index contributed by atoms with van der Waals surface area (Å²) in [5.74, 6) is 0.265. The molecular weight excluding hydrogens is 438 g/mol. The van der Waals surface area contributed by atoms with Crippen LogP contribution in [0.4, 0.5) is 10.5 Å². The van der Waals surface area contributed by atoms with Gasteiger partial charge < -0.3 is 15.0 Å². The summed E-state index contributed by atoms with van der Waals surface area (Å²) in [5.41, 5.74) is 4.99. The first-order chi connectivity index (χ1) is 15.6. The van der Waals surface area contributed by atoms with Crippen molar-refractivity contribution in [3.05, 3.63) is 69.9 Å². The fourth-order valence-corrected chi connectivity index (χ4v) is 4.76. The smallest absolute Gasteiger partial charge is 0.329 e. The van der Waals surface area contributed by atoms with Gasteiger partial charge in [-0.2, -0.15) is 0 Å². The van der Waals surface area contributed by atoms with Crippen molar-refractivity contribution >= 4 is 40.9 Å². The second kappa shape index (κ2) is 8.60. The van der Waals surface area contributed by atoms with Gasteiger partial charge in [-0.1, -0.05) is 29.8 Å². The van der Waals surface area contributed by atoms with E-state index in [-0.39, 0.29) is 23.7 Å². The van der Waals surface area contributed by atoms with Gasteiger partial charge in [0.2, 0.25) is 0 Å². The number of anilines is 1. The lowest BCUT2D eigenvalue weighted by molar-refractivity contribution is -0.123. The van der Waals surface area contributed by atoms with Crippen molar-refractivity contribution in [1.82, 2.24) is 10.2 Å². The van der Waals surface area contributed by atoms with Crippen LogP contribution in [0, 0.1) is 0 Å². The predicted octanol–water partition coefficient (Wildman–Crippen LogP) is 5.46. The second-order valence-corrected chi connectivity index (χ2v) is 9.28. The molecule has 2 aromatic carbocycles. The fraction of sp³-hybridized carbons (Fsp3) is 0.308. The molecule has 3 amide bonds. The Hall–Kier alpha value is -3.25. The summed E-state index contributed by atoms with van der Waals surface area (Å²) in [4.78, 5) is 29.1. The van der Waals surface area contributed by atoms with E-state index in [0.717, 1.165) is 34.5 Å². The summed E-state index contributed by atoms with van der Waals surface area (Å²) in [7, 11) is 1.61. The van der Waals surface area contributed by atoms with Crippen LogP contribution < -0.4 is 15.0 Å². The number of imide groups is 1. The molecule has 1 fully saturated rings. The van der Waals surface area contributed by atoms with Gasteiger partial charge in [0.25, 0.3) is 5.91 Å². The van der Waals surface area contributed by atoms with Crippen molar-refractivity contribution in [3.8, 4) is 5.75 Å². The molecule has 0 saturated carbocycles. The lowest BCUT2D eigenvalue weighted by Crippen LogP contribution is -2.44. The molecule has 172 valence electrons. The highest BCUT2D eigenvalue weighted by atomic mass is 35.5. The van der Waals surface area contributed by atoms with Gasteiger partial charge in [-0.05, 0) is 63.1 Å². The summed E-state index contributed by atoms with van der Waals surface area (Å²) >= 11 is 5.93. The first-order valence-corrected chi connectivity index (χ1v) is 11.3. The molecule has 1 N–H and O–H groups in total. The second-order valence-electron chi connectivity index (χ2n) is 8.84. The number of methoxy groups -OCH3 is 1. The van der Waals surface area contributed by atoms with Crippen LogP contribution in [0.1, 0.15) is 44.4 Å². The van der Waals surface area contributed by atoms with E-state index in [1.54, 1.807) is 37.5 Å². The maximum Gasteiger partial charge on any atom is 0.329 e. The van der Waals surface area contributed by atoms with E-state index in [9.17, 15) is 9.59 Å². The number of allylic oxidation sites excluding steroid dienone is 1. The SMILES string of the molecule is CCN1c2cc(OC)c(/C=C3/NC(=O)N(Cc4ccc(Cl)cc4)C3=O)cc2C(C)=CC1(C)C. The van der Waals surface area contributed by atoms with E-state index in [2.05, 4.69) is 44.0 Å². The van der Waals surface area contributed by atoms with Crippen LogP contribution in [0.2, 0.25) is 5.02 Å². The minimum Gasteiger partial charge on any atom is -0.496 e. The Morgan fingerprint density at radius 2 is 1.85 bits per heavy atom. The lowest BCUT2D eigenvalue weighted by Gasteiger charge is -2.43. The molecule has 0 aliphatic carbocycles. The highest BCUT2D eigenvalue weighted by molar-refractivity contribution is 6.30. The Morgan fingerprint density at radius 1 is 1.15 bits per heavy atom. The van der Waals surface area contributed by atoms with Crippen LogP contribution >= 0.6 is 11.6 Å². The molecule has 0 radical (unpaired) electrons. The molecule has 2 aliphatic heterocycles. The largest absolute Gasteiger partial charge is 0.496 e. The number of nitrogens with one attached hydrogen (secondary N) is 1. The van der Waals surface area contributed by atoms with E-state index in [1.165, 1.54) is 4.90 Å². The van der Waals surface area contributed by atoms with Crippen molar-refractivity contribution in [3.63, 3.8) is 0 Å². The number of hydrogen-bond acceptors (Lipinski definition) is 4. The number of carbonyl (C=O) groups excluding carboxylic acids is 2. The molecule has 6 nitrogen and oxygen atoms in total. The number of urea groups is 1. The third-order valence-corrected chi connectivity index (χ3v) is 6.41. The number of nitrogens with zero attached hydrogens (tertiary/aromatic N) is 2. The van der Waals surface area contributed by atoms with Crippen LogP contribution in [-0.2, 0) is 11.3 Å². The number of halogens is 1. The van der Waals surface area contributed by atoms with E-state index >= 15 is 0 Å². The summed E-state index contributed by atoms with van der Waals surface area (Å²) in [6.07, 6.45) is 3.93. The third kappa shape index (κ3) is 4.23. The number of fused-ring (bicyclic) bond motifs is 1. The molecule has 2 aliphatic rings. The quantitative estimate of drug-likeness (QED) is 0.470. The van der Waals surface area contributed by atoms with Crippen molar-refractivity contribution < 1.29 is 14.3 Å². The number of rotatable bonds is 5. The van der Waals surface area contributed by atoms with Gasteiger partial charge in [0.15, 0.2) is 0 Å². The standard InChI is InChI=1S/C26H28ClN3O3/c1-6-30-22-13-23(33-5)18(11-20(22)16(2)14-26(30,3)4)12-21-24(31)29(25(32)28-21)15-17-7-9-19(27)10-8-17/h7-14H,6,15H2,1-5H3,(H,28,32)/b21-12+. The Bertz CT molecular complexity index is 1180. The molecule has 4 rings (SSSR count). The molecule has 2 heterocycles. The van der Waals surface area contributed by atoms with E-state index in [0.29, 0.717) is 10.8 Å². The van der Waals surface area contributed by atoms with Crippen molar-refractivity contribution in [2.45, 2.75) is 39.8 Å². The highest BCUT2D eigenvalue weighted by Gasteiger charge is 2.35. The van der Waals surface area contributed by atoms with Crippen molar-refractivity contribution in [1.29, 1.82) is 0 Å². The molecule has 0 spiro atoms. The highest BCUT2D eigenvalue weighted by Crippen LogP contribution is 2.42. The number of amides is 3. The van der Waals surface area contributed by atoms with Crippen LogP contribution in [0.15, 0.2) is 48.2 Å². The minimum absolute atomic E-state index is 0.117. The number of hydrogen-bond donors (Lipinski definition) is 1. The number of likely N-dealkylation sites (N-methyl/N-ethyl adjacent to an activating group) is 1. The first-order valence-electron chi connectivity index (χ1n) is 10.9. The average molecular weight is 466 g/mol. The topological polar surface area (TPSA) is 61.9 Å². The Kier molecular flexibility index (Phi) is 5.97. The molecule has 0 bridgehead atoms. The molecular formula is C26H28ClN3O3. The predicted molar refractivity (Wildman–Crippen MR) is 132 cm³/mol. The summed E-state index contributed by atoms with van der Waals surface area (Å²) < 4.78 is 5.67. The third-order valence-electron chi connectivity index (χ3n) is 6.16. The average Bonchev–Trinajstić information content (AvgIpc) is 3.02. The van der Waals surface area contributed by atoms with Gasteiger partial charge in [0.1, 0.15) is 11.4 Å². The van der Waals surface area contributed by atoms with Gasteiger partial charge in [-0.25, -0.2) is 4.79 Å². The van der Waals surface area contributed by atoms with Gasteiger partial charge >= 0.3 is 6.03 Å². The van der Waals surface area contributed by atoms with Gasteiger partial charge in [0, 0.05) is 34.4 Å². The van der Waals surface area contributed by atoms with E-state index in [4.69, 9.17) is 16.3 Å². The van der Waals surface area contributed by atoms with Crippen LogP contribution in [0.5, 0.6) is 5.75 Å². The molecule has 7 heteroatoms. The normalized spacial score (nSPS) is 18.4. The van der Waals surface area contributed by atoms with Gasteiger partial charge in [-0.3, -0.25) is 9.69 Å². The monoisotopic (exact) mass is 465 g/mol. The lowest BCUT2D eigenvalue weighted by atomic mass is 9.87. The number of ether oxygens (including phenoxy) is 1. The van der Waals surface area contributed by atoms with Crippen LogP contribution in [-0.4, -0.2) is 36.0 Å². The zero-order valence-corrected chi connectivity index (χ0v) is 20.3. The fourth-order valence-electron chi connectivity index (χ4n) is 4.63. The Labute approximate surface area is 199 Å².